The van der Waals surface area contributed by atoms with E-state index in [9.17, 15) is 14.7 Å². The fraction of sp³-hybridized carbons (Fsp3) is 0.323. The van der Waals surface area contributed by atoms with Crippen molar-refractivity contribution in [1.29, 1.82) is 0 Å². The summed E-state index contributed by atoms with van der Waals surface area (Å²) in [5, 5.41) is 18.0. The van der Waals surface area contributed by atoms with E-state index in [0.717, 1.165) is 30.5 Å². The minimum absolute atomic E-state index is 0. The van der Waals surface area contributed by atoms with Crippen molar-refractivity contribution in [1.82, 2.24) is 4.90 Å². The molecule has 9 nitrogen and oxygen atoms in total. The minimum atomic E-state index is -1.04. The maximum Gasteiger partial charge on any atom is 2.00 e. The molecule has 1 heterocycles. The average molecular weight is 596 g/mol. The van der Waals surface area contributed by atoms with Crippen molar-refractivity contribution in [3.63, 3.8) is 0 Å². The summed E-state index contributed by atoms with van der Waals surface area (Å²) in [5.41, 5.74) is 11.9. The van der Waals surface area contributed by atoms with Gasteiger partial charge >= 0.3 is 22.5 Å². The van der Waals surface area contributed by atoms with Gasteiger partial charge in [0.1, 0.15) is 6.04 Å². The van der Waals surface area contributed by atoms with Crippen LogP contribution in [0.2, 0.25) is 0 Å². The van der Waals surface area contributed by atoms with Crippen molar-refractivity contribution in [3.05, 3.63) is 117 Å². The first-order valence-corrected chi connectivity index (χ1v) is 13.6. The molecule has 1 saturated heterocycles. The summed E-state index contributed by atoms with van der Waals surface area (Å²) >= 11 is 0. The molecule has 0 radical (unpaired) electrons. The van der Waals surface area contributed by atoms with E-state index in [4.69, 9.17) is 10.5 Å². The second kappa shape index (κ2) is 16.3. The summed E-state index contributed by atoms with van der Waals surface area (Å²) < 4.78 is 0. The number of carboxylic acid groups (broad SMARTS) is 1. The number of carbonyl (C=O) groups excluding carboxylic acids is 1. The zero-order valence-corrected chi connectivity index (χ0v) is 23.6. The SMILES string of the molecule is [N-]=[N+]=NCCCC[C@H](N=C(c1ccccc1)c1ccccc1[N-]C(=O)[C@H]1CCCN1Cc1ccccc1)C(=O)O.[Ni+2]. The first-order chi connectivity index (χ1) is 19.6. The van der Waals surface area contributed by atoms with Crippen molar-refractivity contribution < 1.29 is 31.2 Å². The van der Waals surface area contributed by atoms with Crippen LogP contribution >= 0.6 is 0 Å². The summed E-state index contributed by atoms with van der Waals surface area (Å²) in [6.45, 7) is 1.83. The molecule has 1 fully saturated rings. The Bertz CT molecular complexity index is 1360. The monoisotopic (exact) mass is 595 g/mol. The Hall–Kier alpha value is -3.97. The van der Waals surface area contributed by atoms with Crippen LogP contribution in [-0.4, -0.2) is 52.8 Å². The molecule has 2 atom stereocenters. The molecular weight excluding hydrogens is 563 g/mol. The summed E-state index contributed by atoms with van der Waals surface area (Å²) in [4.78, 5) is 35.3. The number of carbonyl (C=O) groups is 2. The molecule has 3 aromatic rings. The maximum absolute atomic E-state index is 13.5. The summed E-state index contributed by atoms with van der Waals surface area (Å²) in [6.07, 6.45) is 3.09. The Kier molecular flexibility index (Phi) is 12.6. The average Bonchev–Trinajstić information content (AvgIpc) is 3.44. The number of likely N-dealkylation sites (tertiary alicyclic amines) is 1. The van der Waals surface area contributed by atoms with Crippen LogP contribution < -0.4 is 0 Å². The van der Waals surface area contributed by atoms with Crippen molar-refractivity contribution >= 4 is 23.3 Å². The van der Waals surface area contributed by atoms with E-state index in [1.165, 1.54) is 0 Å². The first kappa shape index (κ1) is 31.6. The van der Waals surface area contributed by atoms with Crippen LogP contribution in [0.15, 0.2) is 95.0 Å². The van der Waals surface area contributed by atoms with Gasteiger partial charge in [-0.3, -0.25) is 9.89 Å². The van der Waals surface area contributed by atoms with Gasteiger partial charge in [0.25, 0.3) is 0 Å². The number of amides is 1. The van der Waals surface area contributed by atoms with E-state index in [0.29, 0.717) is 49.3 Å². The van der Waals surface area contributed by atoms with Crippen LogP contribution in [0.25, 0.3) is 15.8 Å². The Morgan fingerprint density at radius 2 is 1.68 bits per heavy atom. The molecule has 4 rings (SSSR count). The molecule has 0 saturated carbocycles. The van der Waals surface area contributed by atoms with Gasteiger partial charge in [0, 0.05) is 23.6 Å². The van der Waals surface area contributed by atoms with Crippen molar-refractivity contribution in [2.45, 2.75) is 50.7 Å². The number of benzene rings is 3. The van der Waals surface area contributed by atoms with Crippen LogP contribution in [0, 0.1) is 0 Å². The molecule has 1 aliphatic rings. The molecule has 214 valence electrons. The summed E-state index contributed by atoms with van der Waals surface area (Å²) in [5.74, 6) is -1.24. The van der Waals surface area contributed by atoms with Gasteiger partial charge in [-0.05, 0) is 48.9 Å². The molecule has 0 aromatic heterocycles. The first-order valence-electron chi connectivity index (χ1n) is 13.6. The van der Waals surface area contributed by atoms with E-state index in [1.54, 1.807) is 6.07 Å². The smallest absolute Gasteiger partial charge is 0.625 e. The Morgan fingerprint density at radius 3 is 2.39 bits per heavy atom. The van der Waals surface area contributed by atoms with E-state index >= 15 is 0 Å². The molecule has 3 aromatic carbocycles. The second-order valence-electron chi connectivity index (χ2n) is 9.73. The largest absolute Gasteiger partial charge is 2.00 e. The van der Waals surface area contributed by atoms with Gasteiger partial charge in [0.15, 0.2) is 0 Å². The molecule has 0 aliphatic carbocycles. The molecule has 1 aliphatic heterocycles. The zero-order valence-electron chi connectivity index (χ0n) is 22.7. The number of aliphatic carboxylic acids is 1. The van der Waals surface area contributed by atoms with Gasteiger partial charge in [-0.15, -0.1) is 5.69 Å². The third-order valence-corrected chi connectivity index (χ3v) is 6.93. The van der Waals surface area contributed by atoms with Gasteiger partial charge in [0.2, 0.25) is 0 Å². The minimum Gasteiger partial charge on any atom is -0.625 e. The van der Waals surface area contributed by atoms with Crippen LogP contribution in [0.5, 0.6) is 0 Å². The van der Waals surface area contributed by atoms with Gasteiger partial charge in [0.05, 0.1) is 17.7 Å². The predicted octanol–water partition coefficient (Wildman–Crippen LogP) is 6.65. The summed E-state index contributed by atoms with van der Waals surface area (Å²) in [7, 11) is 0. The fourth-order valence-electron chi connectivity index (χ4n) is 4.94. The zero-order chi connectivity index (χ0) is 28.2. The van der Waals surface area contributed by atoms with Crippen molar-refractivity contribution in [2.24, 2.45) is 10.1 Å². The topological polar surface area (TPSA) is 133 Å². The number of hydrogen-bond donors (Lipinski definition) is 1. The Balaban J connectivity index is 0.00000462. The fourth-order valence-corrected chi connectivity index (χ4v) is 4.94. The summed E-state index contributed by atoms with van der Waals surface area (Å²) in [6, 6.07) is 25.4. The van der Waals surface area contributed by atoms with Gasteiger partial charge in [-0.2, -0.15) is 0 Å². The molecular formula is C31H33N6NiO3+. The number of rotatable bonds is 13. The number of nitrogens with zero attached hydrogens (tertiary/aromatic N) is 6. The molecule has 0 unspecified atom stereocenters. The Morgan fingerprint density at radius 1 is 1.00 bits per heavy atom. The van der Waals surface area contributed by atoms with Crippen LogP contribution in [0.4, 0.5) is 5.69 Å². The predicted molar refractivity (Wildman–Crippen MR) is 156 cm³/mol. The number of aliphatic imine (C=N–C) groups is 1. The molecule has 1 N–H and O–H groups in total. The van der Waals surface area contributed by atoms with Crippen LogP contribution in [0.3, 0.4) is 0 Å². The van der Waals surface area contributed by atoms with E-state index in [2.05, 4.69) is 32.4 Å². The van der Waals surface area contributed by atoms with Gasteiger partial charge < -0.3 is 15.2 Å². The molecule has 10 heteroatoms. The van der Waals surface area contributed by atoms with Crippen molar-refractivity contribution in [2.75, 3.05) is 13.1 Å². The van der Waals surface area contributed by atoms with Gasteiger partial charge in [-0.25, -0.2) is 4.79 Å². The van der Waals surface area contributed by atoms with E-state index in [-0.39, 0.29) is 28.4 Å². The number of hydrogen-bond acceptors (Lipinski definition) is 5. The molecule has 1 amide bonds. The number of azide groups is 1. The maximum atomic E-state index is 13.5. The quantitative estimate of drug-likeness (QED) is 0.0591. The molecule has 0 spiro atoms. The van der Waals surface area contributed by atoms with E-state index in [1.807, 2.05) is 66.7 Å². The van der Waals surface area contributed by atoms with Gasteiger partial charge in [-0.1, -0.05) is 96.5 Å². The Labute approximate surface area is 250 Å². The number of para-hydroxylation sites is 1. The van der Waals surface area contributed by atoms with Crippen LogP contribution in [0.1, 0.15) is 48.8 Å². The standard InChI is InChI=1S/C31H34N6O3.Ni/c32-36-33-20-10-9-18-27(31(39)40)34-29(24-14-5-2-6-15-24)25-16-7-8-17-26(25)35-30(38)28-19-11-21-37(28)22-23-12-3-1-4-13-23;/h1-8,12-17,27-28H,9-11,18-22H2,(H2,34,35,38,39,40);/q;+2/p-1/t27-,28+;/m0./s1. The third-order valence-electron chi connectivity index (χ3n) is 6.93. The normalized spacial score (nSPS) is 15.8. The number of unbranched alkanes of at least 4 members (excludes halogenated alkanes) is 1. The van der Waals surface area contributed by atoms with Crippen LogP contribution in [-0.2, 0) is 32.6 Å². The third kappa shape index (κ3) is 9.02. The number of carboxylic acids is 1. The van der Waals surface area contributed by atoms with E-state index < -0.39 is 12.0 Å². The molecule has 41 heavy (non-hydrogen) atoms. The second-order valence-corrected chi connectivity index (χ2v) is 9.73. The molecule has 0 bridgehead atoms. The van der Waals surface area contributed by atoms with Crippen molar-refractivity contribution in [3.8, 4) is 0 Å².